The first-order valence-electron chi connectivity index (χ1n) is 7.99. The maximum atomic E-state index is 12.2. The van der Waals surface area contributed by atoms with E-state index >= 15 is 0 Å². The van der Waals surface area contributed by atoms with Gasteiger partial charge in [-0.05, 0) is 12.8 Å². The molecule has 0 N–H and O–H groups in total. The lowest BCUT2D eigenvalue weighted by Crippen LogP contribution is -2.31. The lowest BCUT2D eigenvalue weighted by atomic mass is 10.2. The molecule has 0 radical (unpaired) electrons. The zero-order valence-corrected chi connectivity index (χ0v) is 12.7. The third-order valence-corrected chi connectivity index (χ3v) is 4.01. The fourth-order valence-corrected chi connectivity index (χ4v) is 2.75. The Labute approximate surface area is 130 Å². The van der Waals surface area contributed by atoms with Gasteiger partial charge < -0.3 is 9.42 Å². The maximum absolute atomic E-state index is 12.2. The number of aryl methyl sites for hydroxylation is 1. The number of amides is 1. The van der Waals surface area contributed by atoms with E-state index in [0.717, 1.165) is 31.5 Å². The Bertz CT molecular complexity index is 601. The van der Waals surface area contributed by atoms with Gasteiger partial charge in [-0.2, -0.15) is 4.98 Å². The van der Waals surface area contributed by atoms with Gasteiger partial charge in [0.15, 0.2) is 0 Å². The number of hydrogen-bond donors (Lipinski definition) is 0. The first-order valence-corrected chi connectivity index (χ1v) is 7.99. The molecule has 0 aliphatic carbocycles. The lowest BCUT2D eigenvalue weighted by Gasteiger charge is -2.19. The van der Waals surface area contributed by atoms with Crippen LogP contribution in [-0.2, 0) is 11.2 Å². The van der Waals surface area contributed by atoms with Crippen molar-refractivity contribution in [3.63, 3.8) is 0 Å². The molecule has 22 heavy (non-hydrogen) atoms. The van der Waals surface area contributed by atoms with Crippen molar-refractivity contribution in [2.75, 3.05) is 13.1 Å². The van der Waals surface area contributed by atoms with Gasteiger partial charge in [0.1, 0.15) is 0 Å². The Morgan fingerprint density at radius 3 is 2.55 bits per heavy atom. The van der Waals surface area contributed by atoms with E-state index in [1.807, 2.05) is 35.2 Å². The smallest absolute Gasteiger partial charge is 0.227 e. The van der Waals surface area contributed by atoms with E-state index < -0.39 is 0 Å². The summed E-state index contributed by atoms with van der Waals surface area (Å²) in [5, 5.41) is 3.98. The number of hydrogen-bond acceptors (Lipinski definition) is 4. The minimum Gasteiger partial charge on any atom is -0.343 e. The van der Waals surface area contributed by atoms with Crippen LogP contribution >= 0.6 is 0 Å². The fourth-order valence-electron chi connectivity index (χ4n) is 2.75. The van der Waals surface area contributed by atoms with E-state index in [-0.39, 0.29) is 5.91 Å². The van der Waals surface area contributed by atoms with Crippen molar-refractivity contribution in [2.24, 2.45) is 0 Å². The summed E-state index contributed by atoms with van der Waals surface area (Å²) in [4.78, 5) is 18.6. The van der Waals surface area contributed by atoms with E-state index in [1.54, 1.807) is 0 Å². The third-order valence-electron chi connectivity index (χ3n) is 4.01. The fraction of sp³-hybridized carbons (Fsp3) is 0.471. The minimum atomic E-state index is 0.196. The van der Waals surface area contributed by atoms with Crippen LogP contribution in [0.25, 0.3) is 11.4 Å². The largest absolute Gasteiger partial charge is 0.343 e. The van der Waals surface area contributed by atoms with Crippen LogP contribution in [-0.4, -0.2) is 34.0 Å². The average molecular weight is 299 g/mol. The highest BCUT2D eigenvalue weighted by Gasteiger charge is 2.17. The summed E-state index contributed by atoms with van der Waals surface area (Å²) in [5.74, 6) is 1.31. The quantitative estimate of drug-likeness (QED) is 0.870. The van der Waals surface area contributed by atoms with E-state index in [1.165, 1.54) is 12.8 Å². The van der Waals surface area contributed by atoms with Gasteiger partial charge in [-0.15, -0.1) is 0 Å². The molecule has 0 atom stereocenters. The zero-order chi connectivity index (χ0) is 15.2. The Morgan fingerprint density at radius 2 is 1.82 bits per heavy atom. The van der Waals surface area contributed by atoms with Crippen molar-refractivity contribution < 1.29 is 9.32 Å². The number of rotatable bonds is 4. The molecule has 0 unspecified atom stereocenters. The first kappa shape index (κ1) is 14.8. The van der Waals surface area contributed by atoms with Crippen LogP contribution in [0.3, 0.4) is 0 Å². The first-order chi connectivity index (χ1) is 10.8. The summed E-state index contributed by atoms with van der Waals surface area (Å²) in [6.45, 7) is 1.77. The molecule has 0 spiro atoms. The maximum Gasteiger partial charge on any atom is 0.227 e. The van der Waals surface area contributed by atoms with Crippen LogP contribution in [0.5, 0.6) is 0 Å². The van der Waals surface area contributed by atoms with Crippen molar-refractivity contribution in [3.05, 3.63) is 36.2 Å². The molecule has 1 aliphatic rings. The molecule has 1 saturated heterocycles. The van der Waals surface area contributed by atoms with Gasteiger partial charge >= 0.3 is 0 Å². The molecule has 0 saturated carbocycles. The molecule has 0 bridgehead atoms. The molecule has 1 amide bonds. The summed E-state index contributed by atoms with van der Waals surface area (Å²) >= 11 is 0. The summed E-state index contributed by atoms with van der Waals surface area (Å²) in [6.07, 6.45) is 5.64. The molecule has 3 rings (SSSR count). The second-order valence-electron chi connectivity index (χ2n) is 5.67. The van der Waals surface area contributed by atoms with E-state index in [2.05, 4.69) is 10.1 Å². The Hall–Kier alpha value is -2.17. The highest BCUT2D eigenvalue weighted by Crippen LogP contribution is 2.16. The molecule has 2 aromatic rings. The number of aromatic nitrogens is 2. The van der Waals surface area contributed by atoms with Gasteiger partial charge in [-0.3, -0.25) is 4.79 Å². The summed E-state index contributed by atoms with van der Waals surface area (Å²) in [7, 11) is 0. The van der Waals surface area contributed by atoms with E-state index in [0.29, 0.717) is 24.6 Å². The van der Waals surface area contributed by atoms with Crippen LogP contribution in [0.15, 0.2) is 34.9 Å². The van der Waals surface area contributed by atoms with Crippen molar-refractivity contribution >= 4 is 5.91 Å². The van der Waals surface area contributed by atoms with Crippen molar-refractivity contribution in [1.82, 2.24) is 15.0 Å². The molecule has 1 aromatic carbocycles. The van der Waals surface area contributed by atoms with Crippen LogP contribution in [0.1, 0.15) is 38.0 Å². The van der Waals surface area contributed by atoms with Crippen LogP contribution in [0.4, 0.5) is 0 Å². The molecule has 5 nitrogen and oxygen atoms in total. The monoisotopic (exact) mass is 299 g/mol. The highest BCUT2D eigenvalue weighted by atomic mass is 16.5. The molecule has 116 valence electrons. The topological polar surface area (TPSA) is 59.2 Å². The van der Waals surface area contributed by atoms with Crippen molar-refractivity contribution in [2.45, 2.75) is 38.5 Å². The van der Waals surface area contributed by atoms with Crippen LogP contribution in [0, 0.1) is 0 Å². The number of nitrogens with zero attached hydrogens (tertiary/aromatic N) is 3. The number of benzene rings is 1. The molecule has 1 aromatic heterocycles. The third kappa shape index (κ3) is 3.72. The van der Waals surface area contributed by atoms with Crippen molar-refractivity contribution in [1.29, 1.82) is 0 Å². The molecule has 1 fully saturated rings. The molecular formula is C17H21N3O2. The van der Waals surface area contributed by atoms with Gasteiger partial charge in [-0.25, -0.2) is 0 Å². The van der Waals surface area contributed by atoms with E-state index in [4.69, 9.17) is 4.52 Å². The number of likely N-dealkylation sites (tertiary alicyclic amines) is 1. The highest BCUT2D eigenvalue weighted by molar-refractivity contribution is 5.76. The number of carbonyl (C=O) groups excluding carboxylic acids is 1. The van der Waals surface area contributed by atoms with Gasteiger partial charge in [-0.1, -0.05) is 48.3 Å². The zero-order valence-electron chi connectivity index (χ0n) is 12.7. The van der Waals surface area contributed by atoms with E-state index in [9.17, 15) is 4.79 Å². The molecule has 5 heteroatoms. The van der Waals surface area contributed by atoms with Gasteiger partial charge in [0.2, 0.25) is 17.6 Å². The normalized spacial score (nSPS) is 15.5. The number of carbonyl (C=O) groups is 1. The second kappa shape index (κ2) is 7.20. The molecule has 2 heterocycles. The Kier molecular flexibility index (Phi) is 4.83. The van der Waals surface area contributed by atoms with Gasteiger partial charge in [0.05, 0.1) is 0 Å². The summed E-state index contributed by atoms with van der Waals surface area (Å²) in [5.41, 5.74) is 0.927. The molecule has 1 aliphatic heterocycles. The Balaban J connectivity index is 1.55. The summed E-state index contributed by atoms with van der Waals surface area (Å²) < 4.78 is 5.25. The van der Waals surface area contributed by atoms with Gasteiger partial charge in [0.25, 0.3) is 0 Å². The molecular weight excluding hydrogens is 278 g/mol. The predicted molar refractivity (Wildman–Crippen MR) is 83.1 cm³/mol. The minimum absolute atomic E-state index is 0.196. The second-order valence-corrected chi connectivity index (χ2v) is 5.67. The Morgan fingerprint density at radius 1 is 1.09 bits per heavy atom. The van der Waals surface area contributed by atoms with Crippen molar-refractivity contribution in [3.8, 4) is 11.4 Å². The van der Waals surface area contributed by atoms with Crippen LogP contribution in [0.2, 0.25) is 0 Å². The van der Waals surface area contributed by atoms with Crippen LogP contribution < -0.4 is 0 Å². The van der Waals surface area contributed by atoms with Gasteiger partial charge in [0, 0.05) is 31.5 Å². The predicted octanol–water partition coefficient (Wildman–Crippen LogP) is 3.07. The average Bonchev–Trinajstić information content (AvgIpc) is 2.87. The lowest BCUT2D eigenvalue weighted by molar-refractivity contribution is -0.131. The summed E-state index contributed by atoms with van der Waals surface area (Å²) in [6, 6.07) is 9.71. The standard InChI is InChI=1S/C17H21N3O2/c21-16(20-12-6-1-2-7-13-20)11-10-15-18-17(19-22-15)14-8-4-3-5-9-14/h3-5,8-9H,1-2,6-7,10-13H2. The SMILES string of the molecule is O=C(CCc1nc(-c2ccccc2)no1)N1CCCCCC1.